The van der Waals surface area contributed by atoms with E-state index in [9.17, 15) is 31.7 Å². The van der Waals surface area contributed by atoms with Gasteiger partial charge >= 0.3 is 6.18 Å². The predicted molar refractivity (Wildman–Crippen MR) is 118 cm³/mol. The molecular weight excluding hydrogens is 483 g/mol. The molecule has 1 saturated heterocycles. The van der Waals surface area contributed by atoms with E-state index in [-0.39, 0.29) is 36.8 Å². The summed E-state index contributed by atoms with van der Waals surface area (Å²) in [4.78, 5) is 12.1. The van der Waals surface area contributed by atoms with Gasteiger partial charge in [0, 0.05) is 32.2 Å². The average molecular weight is 500 g/mol. The number of piperazine rings is 1. The van der Waals surface area contributed by atoms with E-state index < -0.39 is 37.4 Å². The lowest BCUT2D eigenvalue weighted by atomic mass is 10.1. The molecule has 0 atom stereocenters. The van der Waals surface area contributed by atoms with Crippen LogP contribution in [0.3, 0.4) is 0 Å². The minimum absolute atomic E-state index is 0.00492. The Kier molecular flexibility index (Phi) is 5.97. The lowest BCUT2D eigenvalue weighted by Gasteiger charge is -2.35. The fourth-order valence-corrected chi connectivity index (χ4v) is 5.54. The first-order valence-corrected chi connectivity index (χ1v) is 11.6. The van der Waals surface area contributed by atoms with Crippen LogP contribution >= 0.6 is 11.6 Å². The standard InChI is InChI=1S/C21H17ClF3N3O4S/c22-18-13-19(20(28(29)30)12-17(18)21(23,24)25)26-7-9-27(10-8-26)33(31,32)16-6-5-14-3-1-2-4-15(14)11-16/h1-6,11-13H,7-10H2. The first-order chi connectivity index (χ1) is 15.5. The number of sulfonamides is 1. The van der Waals surface area contributed by atoms with Crippen molar-refractivity contribution in [3.8, 4) is 0 Å². The number of alkyl halides is 3. The monoisotopic (exact) mass is 499 g/mol. The predicted octanol–water partition coefficient (Wildman–Crippen LogP) is 4.93. The van der Waals surface area contributed by atoms with E-state index in [1.54, 1.807) is 24.3 Å². The van der Waals surface area contributed by atoms with Crippen molar-refractivity contribution in [1.29, 1.82) is 0 Å². The molecule has 12 heteroatoms. The van der Waals surface area contributed by atoms with Gasteiger partial charge in [0.2, 0.25) is 10.0 Å². The number of halogens is 4. The maximum absolute atomic E-state index is 13.1. The summed E-state index contributed by atoms with van der Waals surface area (Å²) < 4.78 is 66.8. The van der Waals surface area contributed by atoms with Gasteiger partial charge in [0.15, 0.2) is 0 Å². The summed E-state index contributed by atoms with van der Waals surface area (Å²) in [5.74, 6) is 0. The van der Waals surface area contributed by atoms with Crippen LogP contribution in [0.4, 0.5) is 24.5 Å². The second kappa shape index (κ2) is 8.47. The van der Waals surface area contributed by atoms with Gasteiger partial charge < -0.3 is 4.90 Å². The van der Waals surface area contributed by atoms with Crippen molar-refractivity contribution >= 4 is 43.8 Å². The van der Waals surface area contributed by atoms with Gasteiger partial charge in [-0.25, -0.2) is 8.42 Å². The van der Waals surface area contributed by atoms with E-state index in [1.165, 1.54) is 15.3 Å². The average Bonchev–Trinajstić information content (AvgIpc) is 2.77. The Morgan fingerprint density at radius 2 is 1.58 bits per heavy atom. The zero-order chi connectivity index (χ0) is 24.0. The van der Waals surface area contributed by atoms with Gasteiger partial charge in [-0.2, -0.15) is 17.5 Å². The number of hydrogen-bond donors (Lipinski definition) is 0. The lowest BCUT2D eigenvalue weighted by Crippen LogP contribution is -2.48. The summed E-state index contributed by atoms with van der Waals surface area (Å²) in [5.41, 5.74) is -2.12. The summed E-state index contributed by atoms with van der Waals surface area (Å²) >= 11 is 5.76. The molecule has 4 rings (SSSR count). The quantitative estimate of drug-likeness (QED) is 0.375. The molecule has 0 unspecified atom stereocenters. The Balaban J connectivity index is 1.58. The van der Waals surface area contributed by atoms with Crippen LogP contribution in [0, 0.1) is 10.1 Å². The van der Waals surface area contributed by atoms with Crippen LogP contribution < -0.4 is 4.90 Å². The Bertz CT molecular complexity index is 1340. The second-order valence-electron chi connectivity index (χ2n) is 7.48. The largest absolute Gasteiger partial charge is 0.418 e. The number of anilines is 1. The van der Waals surface area contributed by atoms with Gasteiger partial charge in [-0.3, -0.25) is 10.1 Å². The molecule has 1 aliphatic heterocycles. The van der Waals surface area contributed by atoms with Gasteiger partial charge in [0.05, 0.1) is 20.4 Å². The SMILES string of the molecule is O=[N+]([O-])c1cc(C(F)(F)F)c(Cl)cc1N1CCN(S(=O)(=O)c2ccc3ccccc3c2)CC1. The molecule has 0 aliphatic carbocycles. The molecule has 0 bridgehead atoms. The molecule has 0 N–H and O–H groups in total. The molecule has 7 nitrogen and oxygen atoms in total. The molecule has 1 aliphatic rings. The molecule has 0 spiro atoms. The van der Waals surface area contributed by atoms with Crippen molar-refractivity contribution in [3.63, 3.8) is 0 Å². The normalized spacial score (nSPS) is 15.7. The van der Waals surface area contributed by atoms with Crippen LogP contribution in [0.15, 0.2) is 59.5 Å². The Hall–Kier alpha value is -2.89. The highest BCUT2D eigenvalue weighted by Gasteiger charge is 2.38. The Morgan fingerprint density at radius 3 is 2.18 bits per heavy atom. The molecule has 33 heavy (non-hydrogen) atoms. The molecule has 0 radical (unpaired) electrons. The number of hydrogen-bond acceptors (Lipinski definition) is 5. The third-order valence-electron chi connectivity index (χ3n) is 5.50. The molecule has 174 valence electrons. The number of rotatable bonds is 4. The smallest absolute Gasteiger partial charge is 0.363 e. The summed E-state index contributed by atoms with van der Waals surface area (Å²) in [6.45, 7) is 0.112. The minimum Gasteiger partial charge on any atom is -0.363 e. The van der Waals surface area contributed by atoms with Crippen LogP contribution in [0.2, 0.25) is 5.02 Å². The van der Waals surface area contributed by atoms with E-state index in [2.05, 4.69) is 0 Å². The van der Waals surface area contributed by atoms with Crippen LogP contribution in [-0.2, 0) is 16.2 Å². The molecule has 0 saturated carbocycles. The van der Waals surface area contributed by atoms with E-state index in [4.69, 9.17) is 11.6 Å². The van der Waals surface area contributed by atoms with E-state index in [0.29, 0.717) is 6.07 Å². The molecule has 1 heterocycles. The first-order valence-electron chi connectivity index (χ1n) is 9.77. The molecular formula is C21H17ClF3N3O4S. The Morgan fingerprint density at radius 1 is 0.939 bits per heavy atom. The number of benzene rings is 3. The first kappa shape index (κ1) is 23.3. The lowest BCUT2D eigenvalue weighted by molar-refractivity contribution is -0.384. The maximum atomic E-state index is 13.1. The highest BCUT2D eigenvalue weighted by atomic mass is 35.5. The van der Waals surface area contributed by atoms with Gasteiger partial charge in [0.25, 0.3) is 5.69 Å². The Labute approximate surface area is 192 Å². The van der Waals surface area contributed by atoms with Crippen molar-refractivity contribution in [3.05, 3.63) is 75.3 Å². The molecule has 3 aromatic carbocycles. The molecule has 0 amide bonds. The van der Waals surface area contributed by atoms with Gasteiger partial charge in [-0.05, 0) is 29.0 Å². The van der Waals surface area contributed by atoms with Crippen LogP contribution in [0.1, 0.15) is 5.56 Å². The fraction of sp³-hybridized carbons (Fsp3) is 0.238. The second-order valence-corrected chi connectivity index (χ2v) is 9.82. The molecule has 1 fully saturated rings. The summed E-state index contributed by atoms with van der Waals surface area (Å²) in [6.07, 6.45) is -4.84. The zero-order valence-corrected chi connectivity index (χ0v) is 18.5. The van der Waals surface area contributed by atoms with Gasteiger partial charge in [-0.1, -0.05) is 41.9 Å². The molecule has 3 aromatic rings. The fourth-order valence-electron chi connectivity index (χ4n) is 3.81. The number of nitrogens with zero attached hydrogens (tertiary/aromatic N) is 3. The van der Waals surface area contributed by atoms with Crippen LogP contribution in [-0.4, -0.2) is 43.8 Å². The number of nitro groups is 1. The van der Waals surface area contributed by atoms with E-state index in [0.717, 1.165) is 16.8 Å². The summed E-state index contributed by atoms with van der Waals surface area (Å²) in [6, 6.07) is 13.5. The minimum atomic E-state index is -4.84. The van der Waals surface area contributed by atoms with Crippen molar-refractivity contribution < 1.29 is 26.5 Å². The number of nitro benzene ring substituents is 1. The summed E-state index contributed by atoms with van der Waals surface area (Å²) in [5, 5.41) is 12.4. The van der Waals surface area contributed by atoms with Gasteiger partial charge in [-0.15, -0.1) is 0 Å². The highest BCUT2D eigenvalue weighted by molar-refractivity contribution is 7.89. The summed E-state index contributed by atoms with van der Waals surface area (Å²) in [7, 11) is -3.82. The van der Waals surface area contributed by atoms with E-state index in [1.807, 2.05) is 12.1 Å². The third kappa shape index (κ3) is 4.48. The molecule has 0 aromatic heterocycles. The zero-order valence-electron chi connectivity index (χ0n) is 16.9. The van der Waals surface area contributed by atoms with E-state index >= 15 is 0 Å². The van der Waals surface area contributed by atoms with Crippen LogP contribution in [0.5, 0.6) is 0 Å². The van der Waals surface area contributed by atoms with Crippen molar-refractivity contribution in [2.45, 2.75) is 11.1 Å². The third-order valence-corrected chi connectivity index (χ3v) is 7.71. The van der Waals surface area contributed by atoms with Crippen LogP contribution in [0.25, 0.3) is 10.8 Å². The van der Waals surface area contributed by atoms with Gasteiger partial charge in [0.1, 0.15) is 5.69 Å². The number of fused-ring (bicyclic) bond motifs is 1. The highest BCUT2D eigenvalue weighted by Crippen LogP contribution is 2.41. The van der Waals surface area contributed by atoms with Crippen molar-refractivity contribution in [1.82, 2.24) is 4.31 Å². The van der Waals surface area contributed by atoms with Crippen molar-refractivity contribution in [2.24, 2.45) is 0 Å². The van der Waals surface area contributed by atoms with Crippen molar-refractivity contribution in [2.75, 3.05) is 31.1 Å². The maximum Gasteiger partial charge on any atom is 0.418 e. The topological polar surface area (TPSA) is 83.8 Å².